The Morgan fingerprint density at radius 3 is 3.08 bits per heavy atom. The number of carbonyl (C=O) groups excluding carboxylic acids is 1. The molecule has 0 amide bonds. The van der Waals surface area contributed by atoms with Gasteiger partial charge in [-0.2, -0.15) is 0 Å². The number of nitrogens with two attached hydrogens (primary N) is 1. The lowest BCUT2D eigenvalue weighted by atomic mass is 10.1. The maximum Gasteiger partial charge on any atom is 0.217 e. The van der Waals surface area contributed by atoms with E-state index in [9.17, 15) is 4.79 Å². The van der Waals surface area contributed by atoms with Gasteiger partial charge in [-0.25, -0.2) is 0 Å². The number of rotatable bonds is 3. The molecule has 0 bridgehead atoms. The average molecular weight is 169 g/mol. The van der Waals surface area contributed by atoms with Gasteiger partial charge in [-0.1, -0.05) is 6.08 Å². The molecule has 66 valence electrons. The van der Waals surface area contributed by atoms with Crippen LogP contribution in [-0.2, 0) is 9.53 Å². The van der Waals surface area contributed by atoms with Gasteiger partial charge in [-0.15, -0.1) is 6.58 Å². The highest BCUT2D eigenvalue weighted by Gasteiger charge is 2.23. The Morgan fingerprint density at radius 1 is 2.00 bits per heavy atom. The fraction of sp³-hybridized carbons (Fsp3) is 0.375. The first kappa shape index (κ1) is 8.96. The lowest BCUT2D eigenvalue weighted by Gasteiger charge is -2.08. The van der Waals surface area contributed by atoms with Crippen molar-refractivity contribution in [2.24, 2.45) is 5.73 Å². The van der Waals surface area contributed by atoms with Crippen LogP contribution in [0.25, 0.3) is 0 Å². The minimum atomic E-state index is -0.902. The minimum Gasteiger partial charge on any atom is -0.461 e. The van der Waals surface area contributed by atoms with Crippen LogP contribution in [-0.4, -0.2) is 23.2 Å². The van der Waals surface area contributed by atoms with E-state index in [4.69, 9.17) is 15.6 Å². The van der Waals surface area contributed by atoms with Gasteiger partial charge >= 0.3 is 0 Å². The monoisotopic (exact) mass is 169 g/mol. The third-order valence-corrected chi connectivity index (χ3v) is 1.57. The van der Waals surface area contributed by atoms with Crippen molar-refractivity contribution in [3.8, 4) is 0 Å². The molecule has 0 aromatic heterocycles. The number of Topliss-reactive ketones (excluding diaryl/α,β-unsaturated/α-hetero) is 1. The van der Waals surface area contributed by atoms with Crippen LogP contribution in [0.1, 0.15) is 6.42 Å². The first-order valence-electron chi connectivity index (χ1n) is 3.62. The molecule has 0 saturated carbocycles. The summed E-state index contributed by atoms with van der Waals surface area (Å²) in [6, 6.07) is -0.749. The summed E-state index contributed by atoms with van der Waals surface area (Å²) in [6.07, 6.45) is 2.29. The number of ether oxygens (including phenoxy) is 1. The van der Waals surface area contributed by atoms with Crippen molar-refractivity contribution in [2.45, 2.75) is 18.8 Å². The maximum absolute atomic E-state index is 11.2. The van der Waals surface area contributed by atoms with Crippen LogP contribution in [0.2, 0.25) is 0 Å². The predicted octanol–water partition coefficient (Wildman–Crippen LogP) is -0.309. The number of aliphatic hydroxyl groups excluding tert-OH is 1. The van der Waals surface area contributed by atoms with Crippen LogP contribution < -0.4 is 5.73 Å². The SMILES string of the molecule is C=CC(N)C(=O)C1=CCC(O)O1. The van der Waals surface area contributed by atoms with Gasteiger partial charge in [-0.05, 0) is 6.08 Å². The van der Waals surface area contributed by atoms with Gasteiger partial charge in [0.1, 0.15) is 0 Å². The molecule has 1 aliphatic rings. The third kappa shape index (κ3) is 1.72. The Labute approximate surface area is 70.3 Å². The molecule has 0 fully saturated rings. The Bertz CT molecular complexity index is 234. The molecule has 1 aliphatic heterocycles. The van der Waals surface area contributed by atoms with E-state index in [0.29, 0.717) is 6.42 Å². The second kappa shape index (κ2) is 3.51. The smallest absolute Gasteiger partial charge is 0.217 e. The molecule has 0 aromatic carbocycles. The van der Waals surface area contributed by atoms with Gasteiger partial charge in [0.15, 0.2) is 5.76 Å². The Hall–Kier alpha value is -1.13. The molecule has 1 rings (SSSR count). The van der Waals surface area contributed by atoms with Crippen LogP contribution in [0.15, 0.2) is 24.5 Å². The van der Waals surface area contributed by atoms with Gasteiger partial charge in [0.25, 0.3) is 0 Å². The number of carbonyl (C=O) groups is 1. The zero-order chi connectivity index (χ0) is 9.14. The largest absolute Gasteiger partial charge is 0.461 e. The van der Waals surface area contributed by atoms with Gasteiger partial charge in [-0.3, -0.25) is 4.79 Å². The molecule has 0 aliphatic carbocycles. The molecule has 2 unspecified atom stereocenters. The van der Waals surface area contributed by atoms with E-state index in [1.165, 1.54) is 12.2 Å². The topological polar surface area (TPSA) is 72.6 Å². The van der Waals surface area contributed by atoms with Crippen molar-refractivity contribution in [1.29, 1.82) is 0 Å². The van der Waals surface area contributed by atoms with Gasteiger partial charge in [0.2, 0.25) is 12.1 Å². The predicted molar refractivity (Wildman–Crippen MR) is 43.0 cm³/mol. The summed E-state index contributed by atoms with van der Waals surface area (Å²) in [5.74, 6) is -0.212. The van der Waals surface area contributed by atoms with E-state index < -0.39 is 12.3 Å². The van der Waals surface area contributed by atoms with Crippen molar-refractivity contribution in [1.82, 2.24) is 0 Å². The number of aliphatic hydroxyl groups is 1. The molecular weight excluding hydrogens is 158 g/mol. The maximum atomic E-state index is 11.2. The van der Waals surface area contributed by atoms with E-state index in [0.717, 1.165) is 0 Å². The summed E-state index contributed by atoms with van der Waals surface area (Å²) in [6.45, 7) is 3.38. The van der Waals surface area contributed by atoms with Crippen LogP contribution >= 0.6 is 0 Å². The van der Waals surface area contributed by atoms with Crippen LogP contribution in [0.4, 0.5) is 0 Å². The molecule has 3 N–H and O–H groups in total. The highest BCUT2D eigenvalue weighted by Crippen LogP contribution is 2.16. The minimum absolute atomic E-state index is 0.134. The lowest BCUT2D eigenvalue weighted by Crippen LogP contribution is -2.29. The van der Waals surface area contributed by atoms with Gasteiger partial charge in [0.05, 0.1) is 6.04 Å². The van der Waals surface area contributed by atoms with Crippen molar-refractivity contribution >= 4 is 5.78 Å². The molecule has 4 nitrogen and oxygen atoms in total. The summed E-state index contributed by atoms with van der Waals surface area (Å²) < 4.78 is 4.79. The normalized spacial score (nSPS) is 24.2. The summed E-state index contributed by atoms with van der Waals surface area (Å²) in [5.41, 5.74) is 5.37. The zero-order valence-corrected chi connectivity index (χ0v) is 6.56. The first-order chi connectivity index (χ1) is 5.65. The van der Waals surface area contributed by atoms with E-state index in [1.807, 2.05) is 0 Å². The van der Waals surface area contributed by atoms with Crippen molar-refractivity contribution in [3.63, 3.8) is 0 Å². The van der Waals surface area contributed by atoms with E-state index in [2.05, 4.69) is 6.58 Å². The van der Waals surface area contributed by atoms with E-state index in [-0.39, 0.29) is 11.5 Å². The van der Waals surface area contributed by atoms with Crippen molar-refractivity contribution < 1.29 is 14.6 Å². The summed E-state index contributed by atoms with van der Waals surface area (Å²) >= 11 is 0. The molecule has 4 heteroatoms. The standard InChI is InChI=1S/C8H11NO3/c1-2-5(9)8(11)6-3-4-7(10)12-6/h2-3,5,7,10H,1,4,9H2. The molecule has 2 atom stereocenters. The Balaban J connectivity index is 2.60. The molecule has 1 heterocycles. The van der Waals surface area contributed by atoms with Gasteiger partial charge in [0, 0.05) is 6.42 Å². The summed E-state index contributed by atoms with van der Waals surface area (Å²) in [4.78, 5) is 11.2. The van der Waals surface area contributed by atoms with Crippen LogP contribution in [0.3, 0.4) is 0 Å². The van der Waals surface area contributed by atoms with E-state index >= 15 is 0 Å². The van der Waals surface area contributed by atoms with Gasteiger partial charge < -0.3 is 15.6 Å². The quantitative estimate of drug-likeness (QED) is 0.568. The molecule has 0 radical (unpaired) electrons. The molecule has 0 aromatic rings. The highest BCUT2D eigenvalue weighted by molar-refractivity contribution is 5.99. The van der Waals surface area contributed by atoms with Crippen molar-refractivity contribution in [3.05, 3.63) is 24.5 Å². The lowest BCUT2D eigenvalue weighted by molar-refractivity contribution is -0.123. The summed E-state index contributed by atoms with van der Waals surface area (Å²) in [7, 11) is 0. The molecule has 0 saturated heterocycles. The Morgan fingerprint density at radius 2 is 2.67 bits per heavy atom. The molecule has 0 spiro atoms. The van der Waals surface area contributed by atoms with Crippen molar-refractivity contribution in [2.75, 3.05) is 0 Å². The second-order valence-corrected chi connectivity index (χ2v) is 2.50. The molecule has 12 heavy (non-hydrogen) atoms. The first-order valence-corrected chi connectivity index (χ1v) is 3.62. The Kier molecular flexibility index (Phi) is 2.62. The number of ketones is 1. The number of hydrogen-bond acceptors (Lipinski definition) is 4. The van der Waals surface area contributed by atoms with Crippen LogP contribution in [0.5, 0.6) is 0 Å². The highest BCUT2D eigenvalue weighted by atomic mass is 16.6. The summed E-state index contributed by atoms with van der Waals surface area (Å²) in [5, 5.41) is 8.91. The van der Waals surface area contributed by atoms with E-state index in [1.54, 1.807) is 0 Å². The van der Waals surface area contributed by atoms with Crippen LogP contribution in [0, 0.1) is 0 Å². The number of hydrogen-bond donors (Lipinski definition) is 2. The second-order valence-electron chi connectivity index (χ2n) is 2.50. The fourth-order valence-corrected chi connectivity index (χ4v) is 0.881. The fourth-order valence-electron chi connectivity index (χ4n) is 0.881. The average Bonchev–Trinajstić information content (AvgIpc) is 2.49. The third-order valence-electron chi connectivity index (χ3n) is 1.57. The zero-order valence-electron chi connectivity index (χ0n) is 6.56. The molecular formula is C8H11NO3.